The molecule has 17 heavy (non-hydrogen) atoms. The highest BCUT2D eigenvalue weighted by molar-refractivity contribution is 9.09. The molecule has 1 atom stereocenters. The number of thioether (sulfide) groups is 1. The summed E-state index contributed by atoms with van der Waals surface area (Å²) < 4.78 is 5.85. The summed E-state index contributed by atoms with van der Waals surface area (Å²) in [6.45, 7) is 7.50. The molecule has 0 spiro atoms. The van der Waals surface area contributed by atoms with E-state index in [2.05, 4.69) is 55.1 Å². The van der Waals surface area contributed by atoms with Crippen LogP contribution < -0.4 is 4.74 Å². The summed E-state index contributed by atoms with van der Waals surface area (Å²) in [5.41, 5.74) is 0.267. The summed E-state index contributed by atoms with van der Waals surface area (Å²) in [5, 5.41) is 0.972. The van der Waals surface area contributed by atoms with Gasteiger partial charge in [0.1, 0.15) is 5.75 Å². The van der Waals surface area contributed by atoms with Gasteiger partial charge in [0.2, 0.25) is 0 Å². The predicted molar refractivity (Wildman–Crippen MR) is 80.5 cm³/mol. The molecule has 1 aromatic carbocycles. The van der Waals surface area contributed by atoms with Gasteiger partial charge < -0.3 is 4.74 Å². The molecule has 0 aliphatic carbocycles. The molecule has 1 nitrogen and oxygen atoms in total. The van der Waals surface area contributed by atoms with Crippen molar-refractivity contribution in [1.29, 1.82) is 0 Å². The van der Waals surface area contributed by atoms with Crippen molar-refractivity contribution in [2.45, 2.75) is 25.7 Å². The molecule has 0 heterocycles. The van der Waals surface area contributed by atoms with Gasteiger partial charge in [-0.15, -0.1) is 11.8 Å². The van der Waals surface area contributed by atoms with Crippen molar-refractivity contribution in [1.82, 2.24) is 0 Å². The minimum Gasteiger partial charge on any atom is -0.493 e. The van der Waals surface area contributed by atoms with Crippen LogP contribution in [0.1, 0.15) is 20.8 Å². The molecule has 0 bridgehead atoms. The monoisotopic (exact) mass is 316 g/mol. The van der Waals surface area contributed by atoms with E-state index < -0.39 is 0 Å². The number of hydrogen-bond acceptors (Lipinski definition) is 2. The third-order valence-electron chi connectivity index (χ3n) is 2.92. The first-order chi connectivity index (χ1) is 7.97. The van der Waals surface area contributed by atoms with Crippen molar-refractivity contribution in [2.24, 2.45) is 11.3 Å². The Morgan fingerprint density at radius 2 is 1.82 bits per heavy atom. The maximum Gasteiger partial charge on any atom is 0.119 e. The molecule has 3 heteroatoms. The summed E-state index contributed by atoms with van der Waals surface area (Å²) in [6, 6.07) is 8.28. The van der Waals surface area contributed by atoms with Crippen LogP contribution in [-0.2, 0) is 0 Å². The Morgan fingerprint density at radius 3 is 2.24 bits per heavy atom. The lowest BCUT2D eigenvalue weighted by Gasteiger charge is -2.28. The van der Waals surface area contributed by atoms with E-state index in [0.717, 1.165) is 17.7 Å². The van der Waals surface area contributed by atoms with Crippen LogP contribution in [0.25, 0.3) is 0 Å². The van der Waals surface area contributed by atoms with Crippen LogP contribution in [0.3, 0.4) is 0 Å². The second-order valence-electron chi connectivity index (χ2n) is 5.20. The molecule has 0 saturated carbocycles. The first kappa shape index (κ1) is 14.9. The fourth-order valence-electron chi connectivity index (χ4n) is 1.39. The van der Waals surface area contributed by atoms with Crippen LogP contribution in [0.4, 0.5) is 0 Å². The summed E-state index contributed by atoms with van der Waals surface area (Å²) in [6.07, 6.45) is 2.08. The molecule has 1 rings (SSSR count). The first-order valence-corrected chi connectivity index (χ1v) is 8.15. The van der Waals surface area contributed by atoms with E-state index in [1.54, 1.807) is 11.8 Å². The lowest BCUT2D eigenvalue weighted by Crippen LogP contribution is -2.27. The average molecular weight is 317 g/mol. The molecule has 0 radical (unpaired) electrons. The number of ether oxygens (including phenoxy) is 1. The highest BCUT2D eigenvalue weighted by Crippen LogP contribution is 2.28. The molecule has 1 unspecified atom stereocenters. The Bertz CT molecular complexity index is 329. The van der Waals surface area contributed by atoms with E-state index in [1.165, 1.54) is 4.90 Å². The molecule has 96 valence electrons. The van der Waals surface area contributed by atoms with Gasteiger partial charge in [-0.1, -0.05) is 36.7 Å². The van der Waals surface area contributed by atoms with E-state index >= 15 is 0 Å². The Kier molecular flexibility index (Phi) is 5.87. The standard InChI is InChI=1S/C14H21BrOS/c1-14(2,3)11(9-15)10-16-12-5-7-13(17-4)8-6-12/h5-8,11H,9-10H2,1-4H3. The molecular weight excluding hydrogens is 296 g/mol. The SMILES string of the molecule is CSc1ccc(OCC(CBr)C(C)(C)C)cc1. The van der Waals surface area contributed by atoms with Crippen LogP contribution in [0, 0.1) is 11.3 Å². The number of benzene rings is 1. The average Bonchev–Trinajstić information content (AvgIpc) is 2.29. The van der Waals surface area contributed by atoms with Crippen molar-refractivity contribution in [3.63, 3.8) is 0 Å². The largest absolute Gasteiger partial charge is 0.493 e. The fraction of sp³-hybridized carbons (Fsp3) is 0.571. The van der Waals surface area contributed by atoms with Gasteiger partial charge in [0.05, 0.1) is 6.61 Å². The van der Waals surface area contributed by atoms with Gasteiger partial charge >= 0.3 is 0 Å². The van der Waals surface area contributed by atoms with Gasteiger partial charge in [-0.2, -0.15) is 0 Å². The highest BCUT2D eigenvalue weighted by atomic mass is 79.9. The lowest BCUT2D eigenvalue weighted by molar-refractivity contribution is 0.166. The second kappa shape index (κ2) is 6.69. The molecule has 0 aromatic heterocycles. The van der Waals surface area contributed by atoms with E-state index in [4.69, 9.17) is 4.74 Å². The smallest absolute Gasteiger partial charge is 0.119 e. The van der Waals surface area contributed by atoms with Crippen LogP contribution in [0.5, 0.6) is 5.75 Å². The number of rotatable bonds is 5. The van der Waals surface area contributed by atoms with Crippen molar-refractivity contribution in [2.75, 3.05) is 18.2 Å². The van der Waals surface area contributed by atoms with Crippen molar-refractivity contribution < 1.29 is 4.74 Å². The Morgan fingerprint density at radius 1 is 1.24 bits per heavy atom. The summed E-state index contributed by atoms with van der Waals surface area (Å²) in [5.74, 6) is 1.47. The van der Waals surface area contributed by atoms with E-state index in [9.17, 15) is 0 Å². The summed E-state index contributed by atoms with van der Waals surface area (Å²) in [4.78, 5) is 1.27. The maximum absolute atomic E-state index is 5.85. The van der Waals surface area contributed by atoms with E-state index in [1.807, 2.05) is 12.1 Å². The molecule has 0 saturated heterocycles. The zero-order chi connectivity index (χ0) is 12.9. The van der Waals surface area contributed by atoms with Crippen molar-refractivity contribution in [3.8, 4) is 5.75 Å². The molecule has 0 N–H and O–H groups in total. The third kappa shape index (κ3) is 4.92. The Balaban J connectivity index is 2.54. The molecular formula is C14H21BrOS. The zero-order valence-electron chi connectivity index (χ0n) is 11.0. The fourth-order valence-corrected chi connectivity index (χ4v) is 2.96. The first-order valence-electron chi connectivity index (χ1n) is 5.80. The van der Waals surface area contributed by atoms with Gasteiger partial charge in [-0.3, -0.25) is 0 Å². The molecule has 0 aliphatic rings. The zero-order valence-corrected chi connectivity index (χ0v) is 13.4. The van der Waals surface area contributed by atoms with Crippen LogP contribution in [0.15, 0.2) is 29.2 Å². The minimum atomic E-state index is 0.267. The predicted octanol–water partition coefficient (Wildman–Crippen LogP) is 4.84. The lowest BCUT2D eigenvalue weighted by atomic mass is 9.83. The quantitative estimate of drug-likeness (QED) is 0.567. The number of halogens is 1. The van der Waals surface area contributed by atoms with Crippen molar-refractivity contribution in [3.05, 3.63) is 24.3 Å². The van der Waals surface area contributed by atoms with Gasteiger partial charge in [0, 0.05) is 16.1 Å². The van der Waals surface area contributed by atoms with Crippen molar-refractivity contribution >= 4 is 27.7 Å². The second-order valence-corrected chi connectivity index (χ2v) is 6.73. The molecule has 0 aliphatic heterocycles. The topological polar surface area (TPSA) is 9.23 Å². The van der Waals surface area contributed by atoms with Gasteiger partial charge in [-0.05, 0) is 35.9 Å². The Hall–Kier alpha value is -0.150. The maximum atomic E-state index is 5.85. The Labute approximate surface area is 117 Å². The summed E-state index contributed by atoms with van der Waals surface area (Å²) >= 11 is 5.31. The normalized spacial score (nSPS) is 13.5. The van der Waals surface area contributed by atoms with Crippen LogP contribution in [0.2, 0.25) is 0 Å². The van der Waals surface area contributed by atoms with E-state index in [0.29, 0.717) is 5.92 Å². The van der Waals surface area contributed by atoms with Gasteiger partial charge in [0.25, 0.3) is 0 Å². The van der Waals surface area contributed by atoms with Crippen LogP contribution in [-0.4, -0.2) is 18.2 Å². The number of hydrogen-bond donors (Lipinski definition) is 0. The molecule has 0 fully saturated rings. The van der Waals surface area contributed by atoms with Crippen LogP contribution >= 0.6 is 27.7 Å². The van der Waals surface area contributed by atoms with Gasteiger partial charge in [-0.25, -0.2) is 0 Å². The minimum absolute atomic E-state index is 0.267. The highest BCUT2D eigenvalue weighted by Gasteiger charge is 2.24. The van der Waals surface area contributed by atoms with Gasteiger partial charge in [0.15, 0.2) is 0 Å². The molecule has 0 amide bonds. The molecule has 1 aromatic rings. The third-order valence-corrected chi connectivity index (χ3v) is 4.45. The summed E-state index contributed by atoms with van der Waals surface area (Å²) in [7, 11) is 0. The number of alkyl halides is 1. The van der Waals surface area contributed by atoms with E-state index in [-0.39, 0.29) is 5.41 Å².